The molecule has 2 aromatic heterocycles. The van der Waals surface area contributed by atoms with E-state index >= 15 is 0 Å². The number of nitriles is 1. The molecule has 0 aliphatic carbocycles. The molecule has 0 unspecified atom stereocenters. The van der Waals surface area contributed by atoms with Crippen molar-refractivity contribution in [3.63, 3.8) is 0 Å². The Morgan fingerprint density at radius 3 is 2.69 bits per heavy atom. The van der Waals surface area contributed by atoms with Gasteiger partial charge in [-0.1, -0.05) is 6.07 Å². The lowest BCUT2D eigenvalue weighted by atomic mass is 10.1. The maximum atomic E-state index is 14.1. The quantitative estimate of drug-likeness (QED) is 0.520. The highest BCUT2D eigenvalue weighted by molar-refractivity contribution is 5.88. The number of halogens is 1. The van der Waals surface area contributed by atoms with Crippen LogP contribution < -0.4 is 16.4 Å². The maximum Gasteiger partial charge on any atom is 0.147 e. The van der Waals surface area contributed by atoms with Crippen molar-refractivity contribution >= 4 is 35.0 Å². The van der Waals surface area contributed by atoms with E-state index in [1.165, 1.54) is 36.8 Å². The van der Waals surface area contributed by atoms with Crippen molar-refractivity contribution in [3.05, 3.63) is 59.8 Å². The molecule has 0 spiro atoms. The molecule has 8 nitrogen and oxygen atoms in total. The number of benzene rings is 1. The van der Waals surface area contributed by atoms with Crippen molar-refractivity contribution in [2.24, 2.45) is 0 Å². The van der Waals surface area contributed by atoms with Crippen LogP contribution in [0.4, 0.5) is 33.2 Å². The summed E-state index contributed by atoms with van der Waals surface area (Å²) in [4.78, 5) is 12.0. The molecule has 0 saturated heterocycles. The van der Waals surface area contributed by atoms with Gasteiger partial charge in [0.1, 0.15) is 35.7 Å². The standard InChI is InChI=1S/C17H13FN8/c18-12-3-1-2-10(6-19)17(12)25-13-4-15(22-8-11(13)7-20)26-16-5-14(21)23-9-24-16/h1-5,7-9,20H,(H4,21,22,23,24,25,26). The van der Waals surface area contributed by atoms with Crippen molar-refractivity contribution in [2.45, 2.75) is 0 Å². The zero-order valence-electron chi connectivity index (χ0n) is 13.4. The summed E-state index contributed by atoms with van der Waals surface area (Å²) in [7, 11) is 0. The number of anilines is 5. The van der Waals surface area contributed by atoms with Crippen molar-refractivity contribution in [2.75, 3.05) is 16.4 Å². The summed E-state index contributed by atoms with van der Waals surface area (Å²) in [5.41, 5.74) is 6.62. The van der Waals surface area contributed by atoms with Crippen molar-refractivity contribution < 1.29 is 4.39 Å². The number of nitrogens with one attached hydrogen (secondary N) is 3. The molecule has 1 aromatic carbocycles. The minimum Gasteiger partial charge on any atom is -0.384 e. The molecule has 5 N–H and O–H groups in total. The molecule has 26 heavy (non-hydrogen) atoms. The third-order valence-electron chi connectivity index (χ3n) is 3.43. The zero-order valence-corrected chi connectivity index (χ0v) is 13.4. The minimum absolute atomic E-state index is 0.0292. The van der Waals surface area contributed by atoms with E-state index in [1.807, 2.05) is 6.07 Å². The van der Waals surface area contributed by atoms with Crippen LogP contribution in [-0.2, 0) is 0 Å². The highest BCUT2D eigenvalue weighted by Gasteiger charge is 2.12. The zero-order chi connectivity index (χ0) is 18.5. The largest absolute Gasteiger partial charge is 0.384 e. The molecule has 0 bridgehead atoms. The second-order valence-corrected chi connectivity index (χ2v) is 5.15. The van der Waals surface area contributed by atoms with Crippen LogP contribution in [0.3, 0.4) is 0 Å². The molecule has 0 amide bonds. The van der Waals surface area contributed by atoms with Crippen LogP contribution >= 0.6 is 0 Å². The van der Waals surface area contributed by atoms with Crippen LogP contribution in [0.5, 0.6) is 0 Å². The molecule has 0 saturated carbocycles. The molecule has 9 heteroatoms. The van der Waals surface area contributed by atoms with Gasteiger partial charge in [-0.05, 0) is 12.1 Å². The first-order valence-electron chi connectivity index (χ1n) is 7.41. The molecule has 128 valence electrons. The fraction of sp³-hybridized carbons (Fsp3) is 0. The summed E-state index contributed by atoms with van der Waals surface area (Å²) in [6, 6.07) is 9.24. The summed E-state index contributed by atoms with van der Waals surface area (Å²) in [5.74, 6) is 0.546. The molecule has 2 heterocycles. The smallest absolute Gasteiger partial charge is 0.147 e. The lowest BCUT2D eigenvalue weighted by Gasteiger charge is -2.13. The van der Waals surface area contributed by atoms with Crippen LogP contribution in [0, 0.1) is 22.6 Å². The summed E-state index contributed by atoms with van der Waals surface area (Å²) >= 11 is 0. The second kappa shape index (κ2) is 7.23. The third kappa shape index (κ3) is 3.54. The summed E-state index contributed by atoms with van der Waals surface area (Å²) in [6.45, 7) is 0. The SMILES string of the molecule is N#Cc1cccc(F)c1Nc1cc(Nc2cc(N)ncn2)ncc1C=N. The Morgan fingerprint density at radius 2 is 1.96 bits per heavy atom. The predicted octanol–water partition coefficient (Wildman–Crippen LogP) is 2.95. The van der Waals surface area contributed by atoms with E-state index in [0.717, 1.165) is 6.21 Å². The minimum atomic E-state index is -0.574. The number of nitrogen functional groups attached to an aromatic ring is 1. The first kappa shape index (κ1) is 16.8. The lowest BCUT2D eigenvalue weighted by molar-refractivity contribution is 0.631. The lowest BCUT2D eigenvalue weighted by Crippen LogP contribution is -2.04. The second-order valence-electron chi connectivity index (χ2n) is 5.15. The van der Waals surface area contributed by atoms with Gasteiger partial charge in [0, 0.05) is 30.1 Å². The molecular formula is C17H13FN8. The third-order valence-corrected chi connectivity index (χ3v) is 3.43. The van der Waals surface area contributed by atoms with E-state index in [9.17, 15) is 9.65 Å². The molecule has 0 aliphatic heterocycles. The van der Waals surface area contributed by atoms with Gasteiger partial charge in [0.15, 0.2) is 0 Å². The average Bonchev–Trinajstić information content (AvgIpc) is 2.63. The first-order valence-corrected chi connectivity index (χ1v) is 7.41. The van der Waals surface area contributed by atoms with Gasteiger partial charge in [0.05, 0.1) is 16.9 Å². The Bertz CT molecular complexity index is 1010. The molecule has 0 radical (unpaired) electrons. The van der Waals surface area contributed by atoms with E-state index in [2.05, 4.69) is 25.6 Å². The summed E-state index contributed by atoms with van der Waals surface area (Å²) in [6.07, 6.45) is 3.82. The molecule has 0 fully saturated rings. The van der Waals surface area contributed by atoms with Gasteiger partial charge in [-0.3, -0.25) is 0 Å². The molecular weight excluding hydrogens is 335 g/mol. The van der Waals surface area contributed by atoms with E-state index in [0.29, 0.717) is 28.7 Å². The molecule has 3 rings (SSSR count). The number of nitrogens with zero attached hydrogens (tertiary/aromatic N) is 4. The summed E-state index contributed by atoms with van der Waals surface area (Å²) in [5, 5.41) is 22.5. The van der Waals surface area contributed by atoms with Crippen LogP contribution in [0.1, 0.15) is 11.1 Å². The van der Waals surface area contributed by atoms with Gasteiger partial charge < -0.3 is 21.8 Å². The van der Waals surface area contributed by atoms with Gasteiger partial charge in [-0.2, -0.15) is 5.26 Å². The molecule has 3 aromatic rings. The van der Waals surface area contributed by atoms with Crippen LogP contribution in [0.25, 0.3) is 0 Å². The van der Waals surface area contributed by atoms with Gasteiger partial charge in [-0.15, -0.1) is 0 Å². The monoisotopic (exact) mass is 348 g/mol. The van der Waals surface area contributed by atoms with Crippen LogP contribution in [0.2, 0.25) is 0 Å². The number of nitrogens with two attached hydrogens (primary N) is 1. The topological polar surface area (TPSA) is 136 Å². The number of para-hydroxylation sites is 1. The van der Waals surface area contributed by atoms with Gasteiger partial charge >= 0.3 is 0 Å². The average molecular weight is 348 g/mol. The van der Waals surface area contributed by atoms with Gasteiger partial charge in [-0.25, -0.2) is 19.3 Å². The van der Waals surface area contributed by atoms with E-state index in [1.54, 1.807) is 6.07 Å². The fourth-order valence-electron chi connectivity index (χ4n) is 2.21. The Hall–Kier alpha value is -4.06. The maximum absolute atomic E-state index is 14.1. The summed E-state index contributed by atoms with van der Waals surface area (Å²) < 4.78 is 14.1. The van der Waals surface area contributed by atoms with Crippen LogP contribution in [0.15, 0.2) is 42.9 Å². The molecule has 0 atom stereocenters. The van der Waals surface area contributed by atoms with Crippen LogP contribution in [-0.4, -0.2) is 21.2 Å². The Balaban J connectivity index is 1.97. The highest BCUT2D eigenvalue weighted by atomic mass is 19.1. The number of aromatic nitrogens is 3. The van der Waals surface area contributed by atoms with Crippen molar-refractivity contribution in [1.29, 1.82) is 10.7 Å². The number of rotatable bonds is 5. The number of hydrogen-bond acceptors (Lipinski definition) is 8. The molecule has 0 aliphatic rings. The normalized spacial score (nSPS) is 10.0. The van der Waals surface area contributed by atoms with E-state index < -0.39 is 5.82 Å². The number of hydrogen-bond donors (Lipinski definition) is 4. The Labute approximate surface area is 148 Å². The Kier molecular flexibility index (Phi) is 4.67. The van der Waals surface area contributed by atoms with Gasteiger partial charge in [0.2, 0.25) is 0 Å². The predicted molar refractivity (Wildman–Crippen MR) is 96.2 cm³/mol. The van der Waals surface area contributed by atoms with Crippen molar-refractivity contribution in [3.8, 4) is 6.07 Å². The Morgan fingerprint density at radius 1 is 1.15 bits per heavy atom. The van der Waals surface area contributed by atoms with Gasteiger partial charge in [0.25, 0.3) is 0 Å². The first-order chi connectivity index (χ1) is 12.6. The number of pyridine rings is 1. The van der Waals surface area contributed by atoms with E-state index in [-0.39, 0.29) is 11.3 Å². The van der Waals surface area contributed by atoms with E-state index in [4.69, 9.17) is 11.1 Å². The van der Waals surface area contributed by atoms with Crippen molar-refractivity contribution in [1.82, 2.24) is 15.0 Å². The highest BCUT2D eigenvalue weighted by Crippen LogP contribution is 2.27. The fourth-order valence-corrected chi connectivity index (χ4v) is 2.21.